The van der Waals surface area contributed by atoms with Crippen LogP contribution in [0.4, 0.5) is 0 Å². The maximum Gasteiger partial charge on any atom is 0.0365 e. The van der Waals surface area contributed by atoms with Gasteiger partial charge >= 0.3 is 0 Å². The average molecular weight is 1190 g/mol. The van der Waals surface area contributed by atoms with Gasteiger partial charge in [0.2, 0.25) is 0 Å². The van der Waals surface area contributed by atoms with E-state index in [0.29, 0.717) is 0 Å². The van der Waals surface area contributed by atoms with Gasteiger partial charge in [-0.1, -0.05) is 328 Å². The monoisotopic (exact) mass is 1190 g/mol. The van der Waals surface area contributed by atoms with Crippen LogP contribution >= 0.6 is 0 Å². The summed E-state index contributed by atoms with van der Waals surface area (Å²) in [4.78, 5) is 0. The Kier molecular flexibility index (Phi) is 11.7. The number of hydrogen-bond donors (Lipinski definition) is 0. The van der Waals surface area contributed by atoms with Gasteiger partial charge in [-0.25, -0.2) is 0 Å². The number of fused-ring (bicyclic) bond motifs is 8. The Morgan fingerprint density at radius 2 is 0.457 bits per heavy atom. The molecule has 0 amide bonds. The molecule has 0 aromatic heterocycles. The minimum absolute atomic E-state index is 0.0124. The summed E-state index contributed by atoms with van der Waals surface area (Å²) < 4.78 is 0. The summed E-state index contributed by atoms with van der Waals surface area (Å²) in [6, 6.07) is 129. The maximum absolute atomic E-state index is 2.61. The molecule has 0 N–H and O–H groups in total. The summed E-state index contributed by atoms with van der Waals surface area (Å²) in [5.74, 6) is -0.0247. The van der Waals surface area contributed by atoms with Crippen LogP contribution in [-0.2, 0) is 0 Å². The highest BCUT2D eigenvalue weighted by Crippen LogP contribution is 2.63. The van der Waals surface area contributed by atoms with Crippen LogP contribution in [0.3, 0.4) is 0 Å². The van der Waals surface area contributed by atoms with Crippen molar-refractivity contribution in [3.05, 3.63) is 418 Å². The quantitative estimate of drug-likeness (QED) is 0.133. The van der Waals surface area contributed by atoms with Crippen molar-refractivity contribution in [3.8, 4) is 66.8 Å². The molecule has 0 bridgehead atoms. The Morgan fingerprint density at radius 3 is 0.798 bits per heavy atom. The molecule has 0 saturated heterocycles. The molecule has 0 nitrogen and oxygen atoms in total. The topological polar surface area (TPSA) is 0 Å². The van der Waals surface area contributed by atoms with Gasteiger partial charge in [-0.2, -0.15) is 0 Å². The minimum Gasteiger partial charge on any atom is -0.0622 e. The largest absolute Gasteiger partial charge is 0.0622 e. The number of rotatable bonds is 8. The zero-order valence-corrected chi connectivity index (χ0v) is 51.5. The van der Waals surface area contributed by atoms with Gasteiger partial charge in [0.25, 0.3) is 0 Å². The zero-order chi connectivity index (χ0) is 61.5. The Labute approximate surface area is 547 Å². The smallest absolute Gasteiger partial charge is 0.0365 e. The molecule has 0 saturated carbocycles. The van der Waals surface area contributed by atoms with Crippen molar-refractivity contribution in [1.82, 2.24) is 0 Å². The lowest BCUT2D eigenvalue weighted by molar-refractivity contribution is 0.955. The van der Waals surface area contributed by atoms with E-state index < -0.39 is 0 Å². The molecule has 0 fully saturated rings. The molecular weight excluding hydrogens is 1130 g/mol. The second-order valence-corrected chi connectivity index (χ2v) is 25.8. The molecule has 2 unspecified atom stereocenters. The van der Waals surface area contributed by atoms with E-state index in [0.717, 1.165) is 0 Å². The van der Waals surface area contributed by atoms with Crippen LogP contribution in [-0.4, -0.2) is 0 Å². The zero-order valence-electron chi connectivity index (χ0n) is 51.5. The molecule has 94 heavy (non-hydrogen) atoms. The molecule has 2 atom stereocenters. The number of hydrogen-bond acceptors (Lipinski definition) is 0. The molecule has 0 spiro atoms. The number of benzene rings is 16. The van der Waals surface area contributed by atoms with Crippen molar-refractivity contribution >= 4 is 54.6 Å². The van der Waals surface area contributed by atoms with Crippen molar-refractivity contribution in [2.45, 2.75) is 11.8 Å². The third kappa shape index (κ3) is 7.63. The first-order valence-electron chi connectivity index (χ1n) is 33.1. The first-order valence-corrected chi connectivity index (χ1v) is 33.1. The highest BCUT2D eigenvalue weighted by atomic mass is 14.4. The van der Waals surface area contributed by atoms with E-state index in [-0.39, 0.29) is 11.8 Å². The van der Waals surface area contributed by atoms with E-state index in [2.05, 4.69) is 340 Å². The summed E-state index contributed by atoms with van der Waals surface area (Å²) in [6.45, 7) is 0. The standard InChI is InChI=1S/C94H58/c1-5-27-57(28-6-1)63-35-13-17-39-67(63)85(68-40-18-14-36-64(68)58-29-7-2-8-30-58)87-71-43-21-23-45-73(71)93-81-55-61-52-54-78-76-48-26-50-80-88(86(69-41-19-15-37-65(69)59-31-9-3-10-32-59)70-42-20-16-38-66(70)60-33-11-4-12-34-60)72-44-22-24-46-74(72)94(90(76)80)82-56-62-51-53-77(75-47-25-49-79(87)89(75)93)91(81)83(62)84(61)92(78)82/h1-56,93-94H. The van der Waals surface area contributed by atoms with E-state index >= 15 is 0 Å². The lowest BCUT2D eigenvalue weighted by Gasteiger charge is -2.40. The molecule has 16 aromatic carbocycles. The second-order valence-electron chi connectivity index (χ2n) is 25.8. The van der Waals surface area contributed by atoms with Gasteiger partial charge in [0.15, 0.2) is 0 Å². The lowest BCUT2D eigenvalue weighted by atomic mass is 9.62. The Balaban J connectivity index is 0.850. The molecule has 4 aliphatic rings. The fourth-order valence-corrected chi connectivity index (χ4v) is 17.5. The summed E-state index contributed by atoms with van der Waals surface area (Å²) >= 11 is 0. The van der Waals surface area contributed by atoms with Gasteiger partial charge in [0, 0.05) is 11.8 Å². The Hall–Kier alpha value is -12.0. The molecule has 0 radical (unpaired) electrons. The third-order valence-electron chi connectivity index (χ3n) is 21.2. The van der Waals surface area contributed by atoms with E-state index in [1.54, 1.807) is 0 Å². The highest BCUT2D eigenvalue weighted by molar-refractivity contribution is 6.31. The van der Waals surface area contributed by atoms with Crippen molar-refractivity contribution in [3.63, 3.8) is 0 Å². The van der Waals surface area contributed by atoms with Crippen LogP contribution in [0, 0.1) is 0 Å². The molecule has 16 aromatic rings. The van der Waals surface area contributed by atoms with Crippen molar-refractivity contribution in [2.24, 2.45) is 0 Å². The average Bonchev–Trinajstić information content (AvgIpc) is 0.671. The van der Waals surface area contributed by atoms with E-state index in [4.69, 9.17) is 0 Å². The van der Waals surface area contributed by atoms with Crippen molar-refractivity contribution in [2.75, 3.05) is 0 Å². The summed E-state index contributed by atoms with van der Waals surface area (Å²) in [5, 5.41) is 8.08. The molecule has 0 heterocycles. The predicted molar refractivity (Wildman–Crippen MR) is 393 cm³/mol. The normalized spacial score (nSPS) is 14.3. The molecule has 20 rings (SSSR count). The Bertz CT molecular complexity index is 5350. The van der Waals surface area contributed by atoms with Crippen molar-refractivity contribution < 1.29 is 0 Å². The van der Waals surface area contributed by atoms with Crippen LogP contribution in [0.25, 0.3) is 121 Å². The molecule has 0 heteroatoms. The predicted octanol–water partition coefficient (Wildman–Crippen LogP) is 24.2. The molecule has 434 valence electrons. The molecular formula is C94H58. The second kappa shape index (κ2) is 20.8. The minimum atomic E-state index is -0.0124. The summed E-state index contributed by atoms with van der Waals surface area (Å²) in [6.07, 6.45) is 0. The summed E-state index contributed by atoms with van der Waals surface area (Å²) in [7, 11) is 0. The van der Waals surface area contributed by atoms with Crippen LogP contribution in [0.1, 0.15) is 89.7 Å². The maximum atomic E-state index is 2.61. The third-order valence-corrected chi connectivity index (χ3v) is 21.2. The van der Waals surface area contributed by atoms with Crippen LogP contribution in [0.2, 0.25) is 0 Å². The first kappa shape index (κ1) is 52.8. The van der Waals surface area contributed by atoms with Crippen LogP contribution in [0.15, 0.2) is 340 Å². The van der Waals surface area contributed by atoms with E-state index in [9.17, 15) is 0 Å². The van der Waals surface area contributed by atoms with E-state index in [1.165, 1.54) is 199 Å². The van der Waals surface area contributed by atoms with Gasteiger partial charge in [-0.15, -0.1) is 0 Å². The molecule has 4 aliphatic carbocycles. The van der Waals surface area contributed by atoms with Gasteiger partial charge in [-0.3, -0.25) is 0 Å². The summed E-state index contributed by atoms with van der Waals surface area (Å²) in [5.41, 5.74) is 38.1. The lowest BCUT2D eigenvalue weighted by Crippen LogP contribution is -2.21. The fraction of sp³-hybridized carbons (Fsp3) is 0.0213. The SMILES string of the molecule is c1ccc(-c2ccccc2C(=C2c3ccccc3C3c4c2cccc4-c2ccc4cc5c6c(ccc7cc3c2c4c76)-c2cccc3c2C5c2ccccc2C3=C(c2ccccc2-c2ccccc2)c2ccccc2-c2ccccc2)c2ccccc2-c2ccccc2)cc1. The van der Waals surface area contributed by atoms with E-state index in [1.807, 2.05) is 0 Å². The van der Waals surface area contributed by atoms with Crippen LogP contribution in [0.5, 0.6) is 0 Å². The Morgan fingerprint density at radius 1 is 0.181 bits per heavy atom. The van der Waals surface area contributed by atoms with Gasteiger partial charge in [-0.05, 0) is 211 Å². The first-order chi connectivity index (χ1) is 46.7. The van der Waals surface area contributed by atoms with Crippen LogP contribution < -0.4 is 0 Å². The van der Waals surface area contributed by atoms with Crippen molar-refractivity contribution in [1.29, 1.82) is 0 Å². The van der Waals surface area contributed by atoms with Gasteiger partial charge < -0.3 is 0 Å². The molecule has 0 aliphatic heterocycles. The highest BCUT2D eigenvalue weighted by Gasteiger charge is 2.43. The van der Waals surface area contributed by atoms with Gasteiger partial charge in [0.1, 0.15) is 0 Å². The van der Waals surface area contributed by atoms with Gasteiger partial charge in [0.05, 0.1) is 0 Å². The fourth-order valence-electron chi connectivity index (χ4n) is 17.5.